The lowest BCUT2D eigenvalue weighted by Gasteiger charge is -2.32. The largest absolute Gasteiger partial charge is 0.506 e. The molecular weight excluding hydrogens is 615 g/mol. The summed E-state index contributed by atoms with van der Waals surface area (Å²) in [5, 5.41) is 21.1. The van der Waals surface area contributed by atoms with Gasteiger partial charge in [0, 0.05) is 24.1 Å². The molecule has 0 radical (unpaired) electrons. The molecule has 1 aliphatic carbocycles. The fourth-order valence-corrected chi connectivity index (χ4v) is 7.86. The molecule has 0 bridgehead atoms. The lowest BCUT2D eigenvalue weighted by Crippen LogP contribution is -2.31. The number of carboxylic acids is 1. The van der Waals surface area contributed by atoms with Gasteiger partial charge in [0.1, 0.15) is 12.3 Å². The third-order valence-electron chi connectivity index (χ3n) is 9.76. The fourth-order valence-electron chi connectivity index (χ4n) is 6.63. The fraction of sp³-hybridized carbons (Fsp3) is 0.548. The number of rotatable bonds is 14. The molecule has 0 unspecified atom stereocenters. The van der Waals surface area contributed by atoms with Crippen LogP contribution in [0.2, 0.25) is 0 Å². The molecule has 2 heterocycles. The molecular formula is C42H58NO4S+. The summed E-state index contributed by atoms with van der Waals surface area (Å²) in [6.07, 6.45) is 20.4. The van der Waals surface area contributed by atoms with Gasteiger partial charge in [0.25, 0.3) is 0 Å². The van der Waals surface area contributed by atoms with Crippen molar-refractivity contribution in [3.05, 3.63) is 85.9 Å². The Morgan fingerprint density at radius 3 is 1.90 bits per heavy atom. The number of hydrogen-bond donors (Lipinski definition) is 2. The number of thioether (sulfide) groups is 1. The molecule has 5 nitrogen and oxygen atoms in total. The number of ketones is 1. The minimum absolute atomic E-state index is 0.0199. The van der Waals surface area contributed by atoms with Gasteiger partial charge in [0.2, 0.25) is 11.5 Å². The second-order valence-corrected chi connectivity index (χ2v) is 17.4. The number of carbonyl (C=O) groups is 2. The van der Waals surface area contributed by atoms with Crippen molar-refractivity contribution in [2.45, 2.75) is 132 Å². The SMILES string of the molecule is CCCCCCCCCCCC[N+]1=C(C=C2C(=O)C(C=C3C=C(C(C)(C)C)SC(C(C)(C)C)=C3)=C2O)C(C)(C)c2cc(C(=O)O)ccc21. The number of hydrogen-bond acceptors (Lipinski definition) is 4. The van der Waals surface area contributed by atoms with Crippen molar-refractivity contribution in [3.63, 3.8) is 0 Å². The molecule has 3 aliphatic rings. The Hall–Kier alpha value is -3.12. The summed E-state index contributed by atoms with van der Waals surface area (Å²) >= 11 is 1.80. The van der Waals surface area contributed by atoms with E-state index in [1.165, 1.54) is 61.2 Å². The number of carboxylic acid groups (broad SMARTS) is 1. The highest BCUT2D eigenvalue weighted by molar-refractivity contribution is 8.06. The van der Waals surface area contributed by atoms with Gasteiger partial charge in [-0.3, -0.25) is 4.79 Å². The first-order chi connectivity index (χ1) is 22.5. The number of aromatic carboxylic acids is 1. The first kappa shape index (κ1) is 37.7. The summed E-state index contributed by atoms with van der Waals surface area (Å²) in [6, 6.07) is 5.33. The zero-order chi connectivity index (χ0) is 35.4. The van der Waals surface area contributed by atoms with Crippen molar-refractivity contribution in [1.29, 1.82) is 0 Å². The number of aliphatic hydroxyl groups excluding tert-OH is 1. The first-order valence-corrected chi connectivity index (χ1v) is 18.8. The van der Waals surface area contributed by atoms with Crippen molar-refractivity contribution in [2.24, 2.45) is 10.8 Å². The molecule has 1 aromatic carbocycles. The minimum atomic E-state index is -0.956. The summed E-state index contributed by atoms with van der Waals surface area (Å²) in [4.78, 5) is 28.0. The zero-order valence-corrected chi connectivity index (χ0v) is 31.7. The van der Waals surface area contributed by atoms with Gasteiger partial charge in [0.05, 0.1) is 22.1 Å². The van der Waals surface area contributed by atoms with Gasteiger partial charge in [0.15, 0.2) is 5.71 Å². The van der Waals surface area contributed by atoms with Gasteiger partial charge in [-0.2, -0.15) is 4.58 Å². The van der Waals surface area contributed by atoms with E-state index in [4.69, 9.17) is 0 Å². The van der Waals surface area contributed by atoms with Gasteiger partial charge in [-0.15, -0.1) is 0 Å². The summed E-state index contributed by atoms with van der Waals surface area (Å²) in [7, 11) is 0. The van der Waals surface area contributed by atoms with E-state index in [0.717, 1.165) is 41.9 Å². The Morgan fingerprint density at radius 1 is 0.854 bits per heavy atom. The number of aliphatic hydroxyl groups is 1. The minimum Gasteiger partial charge on any atom is -0.506 e. The van der Waals surface area contributed by atoms with Crippen molar-refractivity contribution in [2.75, 3.05) is 6.54 Å². The van der Waals surface area contributed by atoms with Gasteiger partial charge in [-0.25, -0.2) is 4.79 Å². The van der Waals surface area contributed by atoms with Crippen LogP contribution in [0.4, 0.5) is 5.69 Å². The maximum absolute atomic E-state index is 13.7. The van der Waals surface area contributed by atoms with Crippen LogP contribution in [0.1, 0.15) is 142 Å². The van der Waals surface area contributed by atoms with Gasteiger partial charge < -0.3 is 10.2 Å². The average molecular weight is 673 g/mol. The number of nitrogens with zero attached hydrogens (tertiary/aromatic N) is 1. The first-order valence-electron chi connectivity index (χ1n) is 18.0. The molecule has 1 aromatic rings. The average Bonchev–Trinajstić information content (AvgIpc) is 3.22. The Kier molecular flexibility index (Phi) is 11.9. The molecule has 0 saturated heterocycles. The quantitative estimate of drug-likeness (QED) is 0.117. The molecule has 48 heavy (non-hydrogen) atoms. The van der Waals surface area contributed by atoms with Gasteiger partial charge >= 0.3 is 5.97 Å². The molecule has 6 heteroatoms. The Labute approximate surface area is 293 Å². The van der Waals surface area contributed by atoms with Crippen LogP contribution < -0.4 is 0 Å². The molecule has 2 N–H and O–H groups in total. The number of unbranched alkanes of at least 4 members (excludes halogenated alkanes) is 9. The summed E-state index contributed by atoms with van der Waals surface area (Å²) in [5.74, 6) is -1.10. The van der Waals surface area contributed by atoms with E-state index in [9.17, 15) is 19.8 Å². The van der Waals surface area contributed by atoms with Crippen molar-refractivity contribution in [3.8, 4) is 0 Å². The van der Waals surface area contributed by atoms with E-state index in [1.54, 1.807) is 23.9 Å². The van der Waals surface area contributed by atoms with E-state index in [-0.39, 0.29) is 27.9 Å². The normalized spacial score (nSPS) is 18.6. The third kappa shape index (κ3) is 8.53. The van der Waals surface area contributed by atoms with Crippen molar-refractivity contribution < 1.29 is 24.4 Å². The number of allylic oxidation sites excluding steroid dienone is 9. The molecule has 0 amide bonds. The molecule has 0 spiro atoms. The van der Waals surface area contributed by atoms with Gasteiger partial charge in [-0.05, 0) is 76.8 Å². The molecule has 0 saturated carbocycles. The van der Waals surface area contributed by atoms with E-state index in [0.29, 0.717) is 11.1 Å². The molecule has 0 fully saturated rings. The Bertz CT molecular complexity index is 1580. The molecule has 260 valence electrons. The number of benzene rings is 1. The topological polar surface area (TPSA) is 77.6 Å². The van der Waals surface area contributed by atoms with Crippen LogP contribution in [0.3, 0.4) is 0 Å². The predicted molar refractivity (Wildman–Crippen MR) is 202 cm³/mol. The monoisotopic (exact) mass is 672 g/mol. The lowest BCUT2D eigenvalue weighted by molar-refractivity contribution is -0.438. The van der Waals surface area contributed by atoms with Crippen LogP contribution in [-0.4, -0.2) is 38.8 Å². The zero-order valence-electron chi connectivity index (χ0n) is 30.9. The molecule has 0 atom stereocenters. The van der Waals surface area contributed by atoms with E-state index >= 15 is 0 Å². The summed E-state index contributed by atoms with van der Waals surface area (Å²) in [5.41, 5.74) is 4.00. The molecule has 4 rings (SSSR count). The van der Waals surface area contributed by atoms with Crippen LogP contribution in [0.5, 0.6) is 0 Å². The van der Waals surface area contributed by atoms with Gasteiger partial charge in [-0.1, -0.05) is 112 Å². The highest BCUT2D eigenvalue weighted by Gasteiger charge is 2.46. The number of fused-ring (bicyclic) bond motifs is 1. The second kappa shape index (κ2) is 15.2. The maximum atomic E-state index is 13.7. The number of Topliss-reactive ketones (excluding diaryl/α,β-unsaturated/α-hetero) is 1. The van der Waals surface area contributed by atoms with Crippen LogP contribution in [-0.2, 0) is 10.2 Å². The summed E-state index contributed by atoms with van der Waals surface area (Å²) in [6.45, 7) is 20.3. The molecule has 0 aromatic heterocycles. The third-order valence-corrected chi connectivity index (χ3v) is 11.7. The Morgan fingerprint density at radius 2 is 1.40 bits per heavy atom. The van der Waals surface area contributed by atoms with Crippen LogP contribution >= 0.6 is 11.8 Å². The smallest absolute Gasteiger partial charge is 0.335 e. The second-order valence-electron chi connectivity index (χ2n) is 16.3. The lowest BCUT2D eigenvalue weighted by atomic mass is 9.78. The van der Waals surface area contributed by atoms with E-state index < -0.39 is 11.4 Å². The number of carbonyl (C=O) groups excluding carboxylic acids is 1. The predicted octanol–water partition coefficient (Wildman–Crippen LogP) is 11.5. The standard InChI is InChI=1S/C42H57NO4S/c1-10-11-12-13-14-15-16-17-18-19-22-43-33-21-20-29(39(46)47)26-32(33)42(8,9)34(43)27-31-37(44)30(38(31)45)23-28-24-35(40(2,3)4)48-36(25-28)41(5,6)7/h20-21,23-27H,10-19,22H2,1-9H3,(H-,44,45,46,47)/p+1. The van der Waals surface area contributed by atoms with Crippen LogP contribution in [0.25, 0.3) is 0 Å². The maximum Gasteiger partial charge on any atom is 0.335 e. The van der Waals surface area contributed by atoms with Crippen LogP contribution in [0.15, 0.2) is 74.8 Å². The molecule has 2 aliphatic heterocycles. The van der Waals surface area contributed by atoms with Crippen LogP contribution in [0, 0.1) is 10.8 Å². The highest BCUT2D eigenvalue weighted by Crippen LogP contribution is 2.49. The van der Waals surface area contributed by atoms with Crippen molar-refractivity contribution >= 4 is 34.9 Å². The van der Waals surface area contributed by atoms with E-state index in [2.05, 4.69) is 79.0 Å². The highest BCUT2D eigenvalue weighted by atomic mass is 32.2. The van der Waals surface area contributed by atoms with Crippen molar-refractivity contribution in [1.82, 2.24) is 0 Å². The van der Waals surface area contributed by atoms with E-state index in [1.807, 2.05) is 18.2 Å². The summed E-state index contributed by atoms with van der Waals surface area (Å²) < 4.78 is 2.24. The Balaban J connectivity index is 1.63.